The second-order valence-corrected chi connectivity index (χ2v) is 7.70. The zero-order valence-electron chi connectivity index (χ0n) is 15.7. The van der Waals surface area contributed by atoms with Gasteiger partial charge in [0.25, 0.3) is 5.91 Å². The van der Waals surface area contributed by atoms with E-state index in [9.17, 15) is 14.4 Å². The number of hydrogen-bond donors (Lipinski definition) is 1. The van der Waals surface area contributed by atoms with Crippen LogP contribution in [0.2, 0.25) is 5.02 Å². The van der Waals surface area contributed by atoms with Crippen LogP contribution in [-0.4, -0.2) is 53.2 Å². The Bertz CT molecular complexity index is 679. The topological polar surface area (TPSA) is 97.8 Å². The Kier molecular flexibility index (Phi) is 7.01. The summed E-state index contributed by atoms with van der Waals surface area (Å²) >= 11 is 5.72. The first-order valence-electron chi connectivity index (χ1n) is 8.70. The molecule has 1 aromatic heterocycles. The number of halogens is 1. The number of amides is 2. The summed E-state index contributed by atoms with van der Waals surface area (Å²) in [5.41, 5.74) is -0.556. The molecular weight excluding hydrogens is 374 g/mol. The number of carbonyl (C=O) groups excluding carboxylic acids is 3. The van der Waals surface area contributed by atoms with Gasteiger partial charge in [0.1, 0.15) is 11.4 Å². The molecule has 0 saturated carbocycles. The van der Waals surface area contributed by atoms with E-state index in [1.807, 2.05) is 0 Å². The van der Waals surface area contributed by atoms with E-state index in [0.29, 0.717) is 36.8 Å². The number of anilines is 1. The van der Waals surface area contributed by atoms with Gasteiger partial charge in [-0.05, 0) is 45.7 Å². The van der Waals surface area contributed by atoms with E-state index in [0.717, 1.165) is 0 Å². The molecule has 0 spiro atoms. The van der Waals surface area contributed by atoms with Crippen molar-refractivity contribution in [3.8, 4) is 0 Å². The number of nitrogens with one attached hydrogen (secondary N) is 1. The number of piperidine rings is 1. The number of hydrogen-bond acceptors (Lipinski definition) is 6. The van der Waals surface area contributed by atoms with Crippen molar-refractivity contribution in [2.75, 3.05) is 25.0 Å². The maximum atomic E-state index is 12.1. The minimum atomic E-state index is -0.556. The molecule has 0 radical (unpaired) electrons. The van der Waals surface area contributed by atoms with Gasteiger partial charge in [0.2, 0.25) is 0 Å². The monoisotopic (exact) mass is 397 g/mol. The van der Waals surface area contributed by atoms with Gasteiger partial charge in [-0.1, -0.05) is 11.6 Å². The molecule has 1 aliphatic heterocycles. The quantitative estimate of drug-likeness (QED) is 0.784. The van der Waals surface area contributed by atoms with Crippen LogP contribution >= 0.6 is 11.6 Å². The second kappa shape index (κ2) is 9.03. The average Bonchev–Trinajstić information content (AvgIpc) is 2.60. The van der Waals surface area contributed by atoms with Crippen molar-refractivity contribution >= 4 is 35.4 Å². The largest absolute Gasteiger partial charge is 0.455 e. The minimum Gasteiger partial charge on any atom is -0.455 e. The molecule has 148 valence electrons. The van der Waals surface area contributed by atoms with Gasteiger partial charge in [-0.15, -0.1) is 0 Å². The summed E-state index contributed by atoms with van der Waals surface area (Å²) in [6.45, 7) is 5.85. The number of ether oxygens (including phenoxy) is 2. The van der Waals surface area contributed by atoms with E-state index in [4.69, 9.17) is 21.1 Å². The molecule has 1 aromatic rings. The maximum absolute atomic E-state index is 12.1. The lowest BCUT2D eigenvalue weighted by Crippen LogP contribution is -2.43. The predicted molar refractivity (Wildman–Crippen MR) is 99.4 cm³/mol. The number of carbonyl (C=O) groups is 3. The van der Waals surface area contributed by atoms with Crippen LogP contribution in [0.5, 0.6) is 0 Å². The third-order valence-corrected chi connectivity index (χ3v) is 4.04. The van der Waals surface area contributed by atoms with Crippen molar-refractivity contribution < 1.29 is 23.9 Å². The second-order valence-electron chi connectivity index (χ2n) is 7.26. The van der Waals surface area contributed by atoms with Crippen LogP contribution < -0.4 is 5.32 Å². The SMILES string of the molecule is CC(C)(C)OC(=O)N1CCC(C(=O)OCC(=O)Nc2ccc(Cl)cn2)CC1. The maximum Gasteiger partial charge on any atom is 0.410 e. The fraction of sp³-hybridized carbons (Fsp3) is 0.556. The molecule has 0 atom stereocenters. The number of aromatic nitrogens is 1. The number of rotatable bonds is 4. The minimum absolute atomic E-state index is 0.325. The first-order valence-corrected chi connectivity index (χ1v) is 9.08. The lowest BCUT2D eigenvalue weighted by atomic mass is 9.97. The van der Waals surface area contributed by atoms with E-state index >= 15 is 0 Å². The zero-order chi connectivity index (χ0) is 20.0. The molecule has 2 rings (SSSR count). The molecule has 1 aliphatic rings. The molecule has 0 aliphatic carbocycles. The third-order valence-electron chi connectivity index (χ3n) is 3.82. The van der Waals surface area contributed by atoms with Crippen LogP contribution in [0.4, 0.5) is 10.6 Å². The lowest BCUT2D eigenvalue weighted by Gasteiger charge is -2.32. The first-order chi connectivity index (χ1) is 12.6. The van der Waals surface area contributed by atoms with Crippen molar-refractivity contribution in [1.29, 1.82) is 0 Å². The average molecular weight is 398 g/mol. The highest BCUT2D eigenvalue weighted by molar-refractivity contribution is 6.30. The number of nitrogens with zero attached hydrogens (tertiary/aromatic N) is 2. The van der Waals surface area contributed by atoms with Gasteiger partial charge in [0.05, 0.1) is 10.9 Å². The van der Waals surface area contributed by atoms with Crippen molar-refractivity contribution in [3.63, 3.8) is 0 Å². The van der Waals surface area contributed by atoms with E-state index in [1.54, 1.807) is 37.8 Å². The first kappa shape index (κ1) is 21.0. The number of esters is 1. The molecule has 1 saturated heterocycles. The highest BCUT2D eigenvalue weighted by atomic mass is 35.5. The van der Waals surface area contributed by atoms with Crippen LogP contribution in [0.15, 0.2) is 18.3 Å². The summed E-state index contributed by atoms with van der Waals surface area (Å²) in [7, 11) is 0. The molecule has 27 heavy (non-hydrogen) atoms. The van der Waals surface area contributed by atoms with Crippen LogP contribution in [0.25, 0.3) is 0 Å². The summed E-state index contributed by atoms with van der Waals surface area (Å²) in [5.74, 6) is -0.946. The van der Waals surface area contributed by atoms with Gasteiger partial charge >= 0.3 is 12.1 Å². The van der Waals surface area contributed by atoms with E-state index in [-0.39, 0.29) is 12.0 Å². The molecule has 0 unspecified atom stereocenters. The van der Waals surface area contributed by atoms with Crippen LogP contribution in [-0.2, 0) is 19.1 Å². The summed E-state index contributed by atoms with van der Waals surface area (Å²) in [4.78, 5) is 41.5. The third kappa shape index (κ3) is 7.05. The Labute approximate surface area is 163 Å². The Morgan fingerprint density at radius 2 is 1.93 bits per heavy atom. The van der Waals surface area contributed by atoms with Gasteiger partial charge in [0, 0.05) is 19.3 Å². The summed E-state index contributed by atoms with van der Waals surface area (Å²) in [5, 5.41) is 2.97. The zero-order valence-corrected chi connectivity index (χ0v) is 16.4. The van der Waals surface area contributed by atoms with Gasteiger partial charge in [0.15, 0.2) is 6.61 Å². The van der Waals surface area contributed by atoms with Crippen molar-refractivity contribution in [3.05, 3.63) is 23.4 Å². The van der Waals surface area contributed by atoms with Crippen molar-refractivity contribution in [1.82, 2.24) is 9.88 Å². The van der Waals surface area contributed by atoms with E-state index in [2.05, 4.69) is 10.3 Å². The van der Waals surface area contributed by atoms with Gasteiger partial charge < -0.3 is 19.7 Å². The molecule has 0 bridgehead atoms. The fourth-order valence-corrected chi connectivity index (χ4v) is 2.62. The Morgan fingerprint density at radius 1 is 1.26 bits per heavy atom. The van der Waals surface area contributed by atoms with Crippen LogP contribution in [0.1, 0.15) is 33.6 Å². The van der Waals surface area contributed by atoms with Gasteiger partial charge in [-0.2, -0.15) is 0 Å². The standard InChI is InChI=1S/C18H24ClN3O5/c1-18(2,3)27-17(25)22-8-6-12(7-9-22)16(24)26-11-15(23)21-14-5-4-13(19)10-20-14/h4-5,10,12H,6-9,11H2,1-3H3,(H,20,21,23). The molecule has 1 fully saturated rings. The molecule has 2 heterocycles. The number of likely N-dealkylation sites (tertiary alicyclic amines) is 1. The Balaban J connectivity index is 1.72. The normalized spacial score (nSPS) is 15.2. The molecule has 8 nitrogen and oxygen atoms in total. The highest BCUT2D eigenvalue weighted by Gasteiger charge is 2.30. The van der Waals surface area contributed by atoms with Crippen LogP contribution in [0, 0.1) is 5.92 Å². The van der Waals surface area contributed by atoms with Crippen LogP contribution in [0.3, 0.4) is 0 Å². The number of pyridine rings is 1. The highest BCUT2D eigenvalue weighted by Crippen LogP contribution is 2.21. The lowest BCUT2D eigenvalue weighted by molar-refractivity contribution is -0.153. The van der Waals surface area contributed by atoms with E-state index in [1.165, 1.54) is 6.20 Å². The molecule has 9 heteroatoms. The Morgan fingerprint density at radius 3 is 2.48 bits per heavy atom. The molecule has 2 amide bonds. The van der Waals surface area contributed by atoms with Crippen molar-refractivity contribution in [2.45, 2.75) is 39.2 Å². The fourth-order valence-electron chi connectivity index (χ4n) is 2.51. The summed E-state index contributed by atoms with van der Waals surface area (Å²) in [6, 6.07) is 3.14. The smallest absolute Gasteiger partial charge is 0.410 e. The molecular formula is C18H24ClN3O5. The van der Waals surface area contributed by atoms with Gasteiger partial charge in [-0.25, -0.2) is 9.78 Å². The van der Waals surface area contributed by atoms with Gasteiger partial charge in [-0.3, -0.25) is 9.59 Å². The molecule has 0 aromatic carbocycles. The molecule has 1 N–H and O–H groups in total. The van der Waals surface area contributed by atoms with E-state index < -0.39 is 24.1 Å². The summed E-state index contributed by atoms with van der Waals surface area (Å²) in [6.07, 6.45) is 1.96. The predicted octanol–water partition coefficient (Wildman–Crippen LogP) is 2.86. The van der Waals surface area contributed by atoms with Crippen molar-refractivity contribution in [2.24, 2.45) is 5.92 Å². The Hall–Kier alpha value is -2.35. The summed E-state index contributed by atoms with van der Waals surface area (Å²) < 4.78 is 10.4.